The lowest BCUT2D eigenvalue weighted by Crippen LogP contribution is -2.56. The van der Waals surface area contributed by atoms with E-state index < -0.39 is 0 Å². The van der Waals surface area contributed by atoms with Crippen molar-refractivity contribution in [2.45, 2.75) is 45.2 Å². The highest BCUT2D eigenvalue weighted by atomic mass is 16.5. The van der Waals surface area contributed by atoms with Crippen molar-refractivity contribution in [3.8, 4) is 0 Å². The molecule has 2 fully saturated rings. The average molecular weight is 354 g/mol. The molecular formula is C20H26N4O2. The predicted molar refractivity (Wildman–Crippen MR) is 97.3 cm³/mol. The van der Waals surface area contributed by atoms with Crippen LogP contribution in [-0.2, 0) is 17.8 Å². The Morgan fingerprint density at radius 2 is 2.23 bits per heavy atom. The van der Waals surface area contributed by atoms with E-state index in [2.05, 4.69) is 19.9 Å². The van der Waals surface area contributed by atoms with Gasteiger partial charge in [-0.2, -0.15) is 0 Å². The SMILES string of the molecule is Cc1cc(CN2CC[C@@H]3[C@@H](CCC(=O)N3CCc3ccccn3)C2)on1. The van der Waals surface area contributed by atoms with Crippen molar-refractivity contribution in [1.82, 2.24) is 19.9 Å². The number of hydrogen-bond acceptors (Lipinski definition) is 5. The first kappa shape index (κ1) is 17.2. The molecule has 26 heavy (non-hydrogen) atoms. The number of amides is 1. The number of pyridine rings is 1. The number of rotatable bonds is 5. The number of carbonyl (C=O) groups is 1. The lowest BCUT2D eigenvalue weighted by molar-refractivity contribution is -0.141. The lowest BCUT2D eigenvalue weighted by atomic mass is 9.83. The van der Waals surface area contributed by atoms with Gasteiger partial charge in [-0.15, -0.1) is 0 Å². The summed E-state index contributed by atoms with van der Waals surface area (Å²) in [4.78, 5) is 21.5. The quantitative estimate of drug-likeness (QED) is 0.825. The van der Waals surface area contributed by atoms with Crippen molar-refractivity contribution in [2.75, 3.05) is 19.6 Å². The Hall–Kier alpha value is -2.21. The van der Waals surface area contributed by atoms with Crippen LogP contribution in [0, 0.1) is 12.8 Å². The highest BCUT2D eigenvalue weighted by molar-refractivity contribution is 5.77. The second-order valence-electron chi connectivity index (χ2n) is 7.48. The Bertz CT molecular complexity index is 745. The van der Waals surface area contributed by atoms with Crippen molar-refractivity contribution in [2.24, 2.45) is 5.92 Å². The first-order valence-electron chi connectivity index (χ1n) is 9.53. The molecule has 0 aliphatic carbocycles. The molecule has 2 saturated heterocycles. The molecule has 1 amide bonds. The zero-order valence-corrected chi connectivity index (χ0v) is 15.3. The molecule has 0 radical (unpaired) electrons. The number of carbonyl (C=O) groups excluding carboxylic acids is 1. The monoisotopic (exact) mass is 354 g/mol. The average Bonchev–Trinajstić information content (AvgIpc) is 3.06. The van der Waals surface area contributed by atoms with E-state index in [9.17, 15) is 4.79 Å². The minimum Gasteiger partial charge on any atom is -0.360 e. The largest absolute Gasteiger partial charge is 0.360 e. The van der Waals surface area contributed by atoms with E-state index in [1.54, 1.807) is 0 Å². The molecule has 6 heteroatoms. The van der Waals surface area contributed by atoms with Gasteiger partial charge in [0.15, 0.2) is 5.76 Å². The Balaban J connectivity index is 1.37. The number of nitrogens with zero attached hydrogens (tertiary/aromatic N) is 4. The van der Waals surface area contributed by atoms with Gasteiger partial charge in [-0.25, -0.2) is 0 Å². The lowest BCUT2D eigenvalue weighted by Gasteiger charge is -2.47. The molecule has 0 unspecified atom stereocenters. The number of aryl methyl sites for hydroxylation is 1. The smallest absolute Gasteiger partial charge is 0.222 e. The second kappa shape index (κ2) is 7.58. The van der Waals surface area contributed by atoms with Crippen molar-refractivity contribution >= 4 is 5.91 Å². The third-order valence-electron chi connectivity index (χ3n) is 5.62. The maximum absolute atomic E-state index is 12.5. The van der Waals surface area contributed by atoms with Crippen molar-refractivity contribution in [3.63, 3.8) is 0 Å². The molecule has 4 rings (SSSR count). The summed E-state index contributed by atoms with van der Waals surface area (Å²) >= 11 is 0. The summed E-state index contributed by atoms with van der Waals surface area (Å²) in [5.41, 5.74) is 1.99. The standard InChI is InChI=1S/C20H26N4O2/c1-15-12-18(26-22-15)14-23-10-8-19-16(13-23)5-6-20(25)24(19)11-7-17-4-2-3-9-21-17/h2-4,9,12,16,19H,5-8,10-11,13-14H2,1H3/t16-,19+/m0/s1. The van der Waals surface area contributed by atoms with Gasteiger partial charge < -0.3 is 9.42 Å². The van der Waals surface area contributed by atoms with Crippen LogP contribution < -0.4 is 0 Å². The maximum Gasteiger partial charge on any atom is 0.222 e. The van der Waals surface area contributed by atoms with Gasteiger partial charge in [-0.05, 0) is 37.8 Å². The Morgan fingerprint density at radius 3 is 3.00 bits per heavy atom. The topological polar surface area (TPSA) is 62.5 Å². The van der Waals surface area contributed by atoms with Crippen LogP contribution >= 0.6 is 0 Å². The minimum atomic E-state index is 0.307. The zero-order valence-electron chi connectivity index (χ0n) is 15.3. The van der Waals surface area contributed by atoms with Crippen molar-refractivity contribution in [3.05, 3.63) is 47.6 Å². The van der Waals surface area contributed by atoms with Crippen LogP contribution in [0.2, 0.25) is 0 Å². The van der Waals surface area contributed by atoms with Gasteiger partial charge in [0.25, 0.3) is 0 Å². The molecule has 2 atom stereocenters. The van der Waals surface area contributed by atoms with Crippen molar-refractivity contribution in [1.29, 1.82) is 0 Å². The molecule has 0 N–H and O–H groups in total. The predicted octanol–water partition coefficient (Wildman–Crippen LogP) is 2.43. The Morgan fingerprint density at radius 1 is 1.31 bits per heavy atom. The first-order chi connectivity index (χ1) is 12.7. The van der Waals surface area contributed by atoms with Crippen LogP contribution in [-0.4, -0.2) is 51.5 Å². The normalized spacial score (nSPS) is 23.9. The number of likely N-dealkylation sites (tertiary alicyclic amines) is 2. The molecule has 138 valence electrons. The Labute approximate surface area is 154 Å². The van der Waals surface area contributed by atoms with E-state index in [-0.39, 0.29) is 0 Å². The fraction of sp³-hybridized carbons (Fsp3) is 0.550. The summed E-state index contributed by atoms with van der Waals surface area (Å²) in [6, 6.07) is 8.35. The molecule has 0 saturated carbocycles. The molecule has 2 aromatic rings. The van der Waals surface area contributed by atoms with Crippen LogP contribution in [0.5, 0.6) is 0 Å². The van der Waals surface area contributed by atoms with Gasteiger partial charge in [0.1, 0.15) is 0 Å². The molecular weight excluding hydrogens is 328 g/mol. The van der Waals surface area contributed by atoms with Crippen molar-refractivity contribution < 1.29 is 9.32 Å². The van der Waals surface area contributed by atoms with Gasteiger partial charge in [0.2, 0.25) is 5.91 Å². The van der Waals surface area contributed by atoms with Crippen LogP contribution in [0.15, 0.2) is 35.0 Å². The van der Waals surface area contributed by atoms with E-state index in [1.807, 2.05) is 37.4 Å². The number of hydrogen-bond donors (Lipinski definition) is 0. The van der Waals surface area contributed by atoms with Gasteiger partial charge in [-0.1, -0.05) is 11.2 Å². The van der Waals surface area contributed by atoms with Crippen LogP contribution in [0.4, 0.5) is 0 Å². The molecule has 0 aromatic carbocycles. The molecule has 2 aliphatic heterocycles. The fourth-order valence-electron chi connectivity index (χ4n) is 4.35. The van der Waals surface area contributed by atoms with E-state index in [0.717, 1.165) is 62.6 Å². The van der Waals surface area contributed by atoms with Crippen LogP contribution in [0.25, 0.3) is 0 Å². The fourth-order valence-corrected chi connectivity index (χ4v) is 4.35. The molecule has 2 aliphatic rings. The van der Waals surface area contributed by atoms with E-state index in [1.165, 1.54) is 0 Å². The third kappa shape index (κ3) is 3.80. The van der Waals surface area contributed by atoms with Gasteiger partial charge in [-0.3, -0.25) is 14.7 Å². The zero-order chi connectivity index (χ0) is 17.9. The molecule has 0 bridgehead atoms. The molecule has 4 heterocycles. The summed E-state index contributed by atoms with van der Waals surface area (Å²) in [5.74, 6) is 1.79. The summed E-state index contributed by atoms with van der Waals surface area (Å²) in [6.07, 6.45) is 5.34. The van der Waals surface area contributed by atoms with Crippen LogP contribution in [0.1, 0.15) is 36.4 Å². The minimum absolute atomic E-state index is 0.307. The van der Waals surface area contributed by atoms with Gasteiger partial charge in [0.05, 0.1) is 12.2 Å². The van der Waals surface area contributed by atoms with E-state index >= 15 is 0 Å². The first-order valence-corrected chi connectivity index (χ1v) is 9.53. The number of piperidine rings is 2. The highest BCUT2D eigenvalue weighted by Crippen LogP contribution is 2.32. The van der Waals surface area contributed by atoms with Crippen LogP contribution in [0.3, 0.4) is 0 Å². The highest BCUT2D eigenvalue weighted by Gasteiger charge is 2.39. The number of aromatic nitrogens is 2. The summed E-state index contributed by atoms with van der Waals surface area (Å²) < 4.78 is 5.37. The summed E-state index contributed by atoms with van der Waals surface area (Å²) in [7, 11) is 0. The maximum atomic E-state index is 12.5. The number of fused-ring (bicyclic) bond motifs is 1. The molecule has 6 nitrogen and oxygen atoms in total. The summed E-state index contributed by atoms with van der Waals surface area (Å²) in [5, 5.41) is 3.98. The van der Waals surface area contributed by atoms with Gasteiger partial charge >= 0.3 is 0 Å². The van der Waals surface area contributed by atoms with Gasteiger partial charge in [0, 0.05) is 56.5 Å². The summed E-state index contributed by atoms with van der Waals surface area (Å²) in [6.45, 7) is 5.56. The molecule has 2 aromatic heterocycles. The Kier molecular flexibility index (Phi) is 5.02. The second-order valence-corrected chi connectivity index (χ2v) is 7.48. The van der Waals surface area contributed by atoms with E-state index in [4.69, 9.17) is 4.52 Å². The van der Waals surface area contributed by atoms with E-state index in [0.29, 0.717) is 24.3 Å². The third-order valence-corrected chi connectivity index (χ3v) is 5.62. The molecule has 0 spiro atoms.